The molecule has 0 radical (unpaired) electrons. The van der Waals surface area contributed by atoms with E-state index in [0.717, 1.165) is 45.5 Å². The first kappa shape index (κ1) is 32.4. The van der Waals surface area contributed by atoms with Crippen molar-refractivity contribution in [3.8, 4) is 57.0 Å². The van der Waals surface area contributed by atoms with Crippen molar-refractivity contribution in [2.75, 3.05) is 41.2 Å². The predicted octanol–water partition coefficient (Wildman–Crippen LogP) is 6.32. The van der Waals surface area contributed by atoms with Crippen LogP contribution in [0.1, 0.15) is 20.8 Å². The van der Waals surface area contributed by atoms with Gasteiger partial charge in [-0.05, 0) is 56.4 Å². The molecule has 2 aromatic carbocycles. The Morgan fingerprint density at radius 1 is 0.575 bits per heavy atom. The molecule has 2 aromatic heterocycles. The molecule has 0 N–H and O–H groups in total. The van der Waals surface area contributed by atoms with Crippen LogP contribution in [0.15, 0.2) is 60.9 Å². The zero-order valence-corrected chi connectivity index (χ0v) is 25.8. The molecule has 40 heavy (non-hydrogen) atoms. The third kappa shape index (κ3) is 8.88. The van der Waals surface area contributed by atoms with Gasteiger partial charge in [-0.15, -0.1) is 24.3 Å². The molecule has 0 bridgehead atoms. The summed E-state index contributed by atoms with van der Waals surface area (Å²) in [6.45, 7) is 7.60. The average Bonchev–Trinajstić information content (AvgIpc) is 2.98. The Labute approximate surface area is 250 Å². The number of pyridine rings is 2. The van der Waals surface area contributed by atoms with Gasteiger partial charge in [-0.3, -0.25) is 0 Å². The Morgan fingerprint density at radius 3 is 1.45 bits per heavy atom. The molecule has 0 aliphatic heterocycles. The van der Waals surface area contributed by atoms with Crippen LogP contribution in [0, 0.1) is 12.1 Å². The van der Waals surface area contributed by atoms with Gasteiger partial charge in [0.15, 0.2) is 0 Å². The third-order valence-electron chi connectivity index (χ3n) is 5.35. The molecular formula is C31H34N2O6Pt. The van der Waals surface area contributed by atoms with E-state index < -0.39 is 0 Å². The summed E-state index contributed by atoms with van der Waals surface area (Å²) in [5, 5.41) is 0. The van der Waals surface area contributed by atoms with Crippen LogP contribution >= 0.6 is 0 Å². The van der Waals surface area contributed by atoms with E-state index >= 15 is 0 Å². The molecule has 2 heterocycles. The summed E-state index contributed by atoms with van der Waals surface area (Å²) in [4.78, 5) is 8.65. The molecule has 0 amide bonds. The third-order valence-corrected chi connectivity index (χ3v) is 5.35. The van der Waals surface area contributed by atoms with E-state index in [9.17, 15) is 0 Å². The van der Waals surface area contributed by atoms with E-state index in [4.69, 9.17) is 28.4 Å². The summed E-state index contributed by atoms with van der Waals surface area (Å²) in [7, 11) is 4.87. The Kier molecular flexibility index (Phi) is 13.8. The topological polar surface area (TPSA) is 81.2 Å². The molecule has 0 saturated carbocycles. The van der Waals surface area contributed by atoms with Crippen molar-refractivity contribution in [3.05, 3.63) is 73.1 Å². The second-order valence-corrected chi connectivity index (χ2v) is 7.81. The largest absolute Gasteiger partial charge is 2.00 e. The van der Waals surface area contributed by atoms with Gasteiger partial charge in [0, 0.05) is 35.4 Å². The first-order chi connectivity index (χ1) is 19.1. The van der Waals surface area contributed by atoms with Crippen LogP contribution in [0.25, 0.3) is 22.5 Å². The maximum absolute atomic E-state index is 5.66. The maximum Gasteiger partial charge on any atom is 2.00 e. The van der Waals surface area contributed by atoms with Gasteiger partial charge in [0.05, 0.1) is 41.2 Å². The Morgan fingerprint density at radius 2 is 1.02 bits per heavy atom. The Bertz CT molecular complexity index is 1330. The minimum absolute atomic E-state index is 0. The molecule has 0 aliphatic carbocycles. The van der Waals surface area contributed by atoms with Crippen LogP contribution in [-0.4, -0.2) is 51.1 Å². The molecule has 0 saturated heterocycles. The smallest absolute Gasteiger partial charge is 0.540 e. The zero-order chi connectivity index (χ0) is 28.0. The molecule has 4 rings (SSSR count). The van der Waals surface area contributed by atoms with Crippen LogP contribution in [0.3, 0.4) is 0 Å². The molecule has 9 heteroatoms. The molecule has 0 unspecified atom stereocenters. The van der Waals surface area contributed by atoms with Crippen LogP contribution in [0.2, 0.25) is 0 Å². The first-order valence-corrected chi connectivity index (χ1v) is 12.6. The van der Waals surface area contributed by atoms with E-state index in [1.54, 1.807) is 58.0 Å². The first-order valence-electron chi connectivity index (χ1n) is 12.6. The number of aromatic nitrogens is 2. The van der Waals surface area contributed by atoms with Crippen molar-refractivity contribution >= 4 is 0 Å². The van der Waals surface area contributed by atoms with Gasteiger partial charge in [0.1, 0.15) is 11.5 Å². The minimum atomic E-state index is 0. The fourth-order valence-corrected chi connectivity index (χ4v) is 3.60. The fourth-order valence-electron chi connectivity index (χ4n) is 3.60. The van der Waals surface area contributed by atoms with Gasteiger partial charge < -0.3 is 38.4 Å². The van der Waals surface area contributed by atoms with Crippen LogP contribution in [-0.2, 0) is 21.1 Å². The number of benzene rings is 2. The maximum atomic E-state index is 5.66. The number of nitrogens with zero attached hydrogens (tertiary/aromatic N) is 2. The van der Waals surface area contributed by atoms with E-state index in [1.807, 2.05) is 45.0 Å². The van der Waals surface area contributed by atoms with Gasteiger partial charge in [-0.1, -0.05) is 23.3 Å². The van der Waals surface area contributed by atoms with Crippen molar-refractivity contribution in [2.24, 2.45) is 0 Å². The summed E-state index contributed by atoms with van der Waals surface area (Å²) in [5.41, 5.74) is 3.09. The summed E-state index contributed by atoms with van der Waals surface area (Å²) >= 11 is 0. The minimum Gasteiger partial charge on any atom is -0.540 e. The van der Waals surface area contributed by atoms with Crippen molar-refractivity contribution in [3.63, 3.8) is 0 Å². The van der Waals surface area contributed by atoms with Gasteiger partial charge in [-0.25, -0.2) is 0 Å². The van der Waals surface area contributed by atoms with Gasteiger partial charge >= 0.3 is 21.1 Å². The van der Waals surface area contributed by atoms with E-state index in [0.29, 0.717) is 31.3 Å². The predicted molar refractivity (Wildman–Crippen MR) is 150 cm³/mol. The molecule has 214 valence electrons. The molecule has 0 spiro atoms. The van der Waals surface area contributed by atoms with Crippen LogP contribution < -0.4 is 28.4 Å². The number of hydrogen-bond donors (Lipinski definition) is 0. The summed E-state index contributed by atoms with van der Waals surface area (Å²) in [6, 6.07) is 20.9. The summed E-state index contributed by atoms with van der Waals surface area (Å²) in [6.07, 6.45) is 3.39. The molecule has 4 aromatic rings. The van der Waals surface area contributed by atoms with Gasteiger partial charge in [0.2, 0.25) is 0 Å². The van der Waals surface area contributed by atoms with Gasteiger partial charge in [-0.2, -0.15) is 0 Å². The number of methoxy groups -OCH3 is 3. The SMILES string of the molecule is CCOc1c[c-]c(-c2cc(OC)ccn2)c(OC)c1.CCOc1c[c-]c(-c2cc(OC)ccn2)c(OCC)c1.[Pt+2]. The molecular weight excluding hydrogens is 691 g/mol. The van der Waals surface area contributed by atoms with Crippen LogP contribution in [0.4, 0.5) is 0 Å². The number of rotatable bonds is 11. The standard InChI is InChI=1S/C16H18NO3.C15H16NO3.Pt/c1-4-19-13-6-7-14(16(11-13)20-5-2)15-10-12(18-3)8-9-17-15;1-4-19-12-5-6-13(15(10-12)18-3)14-9-11(17-2)7-8-16-14;/h6,8-11H,4-5H2,1-3H3;5,7-10H,4H2,1-3H3;/q2*-1;+2. The second-order valence-electron chi connectivity index (χ2n) is 7.81. The normalized spacial score (nSPS) is 9.85. The Balaban J connectivity index is 0.000000274. The van der Waals surface area contributed by atoms with Crippen molar-refractivity contribution < 1.29 is 49.5 Å². The number of ether oxygens (including phenoxy) is 6. The van der Waals surface area contributed by atoms with E-state index in [1.165, 1.54) is 0 Å². The second kappa shape index (κ2) is 17.0. The average molecular weight is 726 g/mol. The van der Waals surface area contributed by atoms with Crippen molar-refractivity contribution in [1.29, 1.82) is 0 Å². The summed E-state index contributed by atoms with van der Waals surface area (Å²) in [5.74, 6) is 4.34. The number of hydrogen-bond acceptors (Lipinski definition) is 8. The zero-order valence-electron chi connectivity index (χ0n) is 23.6. The van der Waals surface area contributed by atoms with Crippen LogP contribution in [0.5, 0.6) is 34.5 Å². The molecule has 8 nitrogen and oxygen atoms in total. The monoisotopic (exact) mass is 725 g/mol. The summed E-state index contributed by atoms with van der Waals surface area (Å²) < 4.78 is 32.3. The molecule has 0 atom stereocenters. The van der Waals surface area contributed by atoms with E-state index in [2.05, 4.69) is 22.1 Å². The Hall–Kier alpha value is -3.77. The molecule has 0 fully saturated rings. The quantitative estimate of drug-likeness (QED) is 0.167. The van der Waals surface area contributed by atoms with E-state index in [-0.39, 0.29) is 21.1 Å². The molecule has 0 aliphatic rings. The van der Waals surface area contributed by atoms with Gasteiger partial charge in [0.25, 0.3) is 0 Å². The van der Waals surface area contributed by atoms with Crippen molar-refractivity contribution in [2.45, 2.75) is 20.8 Å². The van der Waals surface area contributed by atoms with Crippen molar-refractivity contribution in [1.82, 2.24) is 9.97 Å². The fraction of sp³-hybridized carbons (Fsp3) is 0.290.